The predicted octanol–water partition coefficient (Wildman–Crippen LogP) is 0.869. The van der Waals surface area contributed by atoms with Crippen molar-refractivity contribution in [1.29, 1.82) is 0 Å². The fourth-order valence-corrected chi connectivity index (χ4v) is 2.43. The number of amides is 1. The number of anilines is 2. The third-order valence-corrected chi connectivity index (χ3v) is 3.75. The zero-order valence-corrected chi connectivity index (χ0v) is 12.4. The van der Waals surface area contributed by atoms with Crippen molar-refractivity contribution in [1.82, 2.24) is 9.80 Å². The van der Waals surface area contributed by atoms with Crippen LogP contribution in [0.1, 0.15) is 6.42 Å². The van der Waals surface area contributed by atoms with Crippen LogP contribution in [0.4, 0.5) is 11.4 Å². The van der Waals surface area contributed by atoms with Crippen LogP contribution in [-0.4, -0.2) is 62.5 Å². The molecule has 5 heteroatoms. The lowest BCUT2D eigenvalue weighted by Crippen LogP contribution is -2.47. The maximum absolute atomic E-state index is 11.6. The van der Waals surface area contributed by atoms with E-state index in [4.69, 9.17) is 5.73 Å². The highest BCUT2D eigenvalue weighted by molar-refractivity contribution is 5.75. The molecule has 0 saturated carbocycles. The molecule has 1 aromatic rings. The summed E-state index contributed by atoms with van der Waals surface area (Å²) in [5, 5.41) is 0. The number of carbonyl (C=O) groups excluding carboxylic acids is 1. The lowest BCUT2D eigenvalue weighted by Gasteiger charge is -2.36. The van der Waals surface area contributed by atoms with Crippen molar-refractivity contribution in [3.63, 3.8) is 0 Å². The first-order valence-electron chi connectivity index (χ1n) is 7.09. The van der Waals surface area contributed by atoms with Crippen LogP contribution in [0.25, 0.3) is 0 Å². The molecule has 2 N–H and O–H groups in total. The van der Waals surface area contributed by atoms with Crippen LogP contribution in [0.5, 0.6) is 0 Å². The molecule has 0 unspecified atom stereocenters. The Morgan fingerprint density at radius 2 is 1.95 bits per heavy atom. The van der Waals surface area contributed by atoms with E-state index in [1.165, 1.54) is 5.69 Å². The molecular formula is C15H24N4O. The van der Waals surface area contributed by atoms with Crippen LogP contribution in [0.3, 0.4) is 0 Å². The summed E-state index contributed by atoms with van der Waals surface area (Å²) in [4.78, 5) is 17.9. The number of hydrogen-bond donors (Lipinski definition) is 1. The number of nitrogens with zero attached hydrogens (tertiary/aromatic N) is 3. The maximum Gasteiger partial charge on any atom is 0.223 e. The van der Waals surface area contributed by atoms with E-state index >= 15 is 0 Å². The van der Waals surface area contributed by atoms with Crippen LogP contribution in [0.2, 0.25) is 0 Å². The quantitative estimate of drug-likeness (QED) is 0.829. The van der Waals surface area contributed by atoms with Gasteiger partial charge in [0.15, 0.2) is 0 Å². The highest BCUT2D eigenvalue weighted by Gasteiger charge is 2.18. The van der Waals surface area contributed by atoms with E-state index in [1.54, 1.807) is 19.0 Å². The average Bonchev–Trinajstić information content (AvgIpc) is 2.45. The highest BCUT2D eigenvalue weighted by atomic mass is 16.2. The molecule has 0 bridgehead atoms. The van der Waals surface area contributed by atoms with Crippen LogP contribution in [0, 0.1) is 0 Å². The van der Waals surface area contributed by atoms with Crippen molar-refractivity contribution < 1.29 is 4.79 Å². The molecular weight excluding hydrogens is 252 g/mol. The summed E-state index contributed by atoms with van der Waals surface area (Å²) in [6.45, 7) is 4.81. The van der Waals surface area contributed by atoms with Crippen LogP contribution < -0.4 is 10.6 Å². The van der Waals surface area contributed by atoms with Crippen molar-refractivity contribution in [3.8, 4) is 0 Å². The lowest BCUT2D eigenvalue weighted by atomic mass is 10.2. The number of nitrogen functional groups attached to an aromatic ring is 1. The molecule has 0 atom stereocenters. The summed E-state index contributed by atoms with van der Waals surface area (Å²) in [5.41, 5.74) is 7.82. The molecule has 20 heavy (non-hydrogen) atoms. The van der Waals surface area contributed by atoms with Gasteiger partial charge in [-0.25, -0.2) is 0 Å². The first kappa shape index (κ1) is 14.7. The zero-order valence-electron chi connectivity index (χ0n) is 12.4. The minimum Gasteiger partial charge on any atom is -0.399 e. The van der Waals surface area contributed by atoms with Gasteiger partial charge in [-0.15, -0.1) is 0 Å². The van der Waals surface area contributed by atoms with Gasteiger partial charge in [-0.2, -0.15) is 0 Å². The van der Waals surface area contributed by atoms with Gasteiger partial charge in [0.25, 0.3) is 0 Å². The molecule has 0 aliphatic carbocycles. The number of hydrogen-bond acceptors (Lipinski definition) is 4. The van der Waals surface area contributed by atoms with Crippen LogP contribution in [-0.2, 0) is 4.79 Å². The number of piperazine rings is 1. The summed E-state index contributed by atoms with van der Waals surface area (Å²) in [6, 6.07) is 8.02. The fourth-order valence-electron chi connectivity index (χ4n) is 2.43. The summed E-state index contributed by atoms with van der Waals surface area (Å²) in [5.74, 6) is 0.197. The van der Waals surface area contributed by atoms with Crippen molar-refractivity contribution in [3.05, 3.63) is 24.3 Å². The molecule has 1 fully saturated rings. The molecule has 2 rings (SSSR count). The molecule has 1 aliphatic rings. The van der Waals surface area contributed by atoms with Gasteiger partial charge < -0.3 is 15.5 Å². The Kier molecular flexibility index (Phi) is 4.84. The first-order chi connectivity index (χ1) is 9.56. The molecule has 1 heterocycles. The number of nitrogens with two attached hydrogens (primary N) is 1. The normalized spacial score (nSPS) is 16.2. The van der Waals surface area contributed by atoms with Crippen molar-refractivity contribution in [2.75, 3.05) is 57.5 Å². The van der Waals surface area contributed by atoms with E-state index in [9.17, 15) is 4.79 Å². The van der Waals surface area contributed by atoms with E-state index in [-0.39, 0.29) is 5.91 Å². The van der Waals surface area contributed by atoms with Gasteiger partial charge in [-0.05, 0) is 18.2 Å². The molecule has 1 aliphatic heterocycles. The van der Waals surface area contributed by atoms with Gasteiger partial charge >= 0.3 is 0 Å². The average molecular weight is 276 g/mol. The summed E-state index contributed by atoms with van der Waals surface area (Å²) >= 11 is 0. The van der Waals surface area contributed by atoms with Crippen LogP contribution in [0.15, 0.2) is 24.3 Å². The second-order valence-corrected chi connectivity index (χ2v) is 5.46. The van der Waals surface area contributed by atoms with Crippen molar-refractivity contribution >= 4 is 17.3 Å². The molecule has 1 amide bonds. The van der Waals surface area contributed by atoms with Crippen molar-refractivity contribution in [2.24, 2.45) is 0 Å². The standard InChI is InChI=1S/C15H24N4O/c1-17(2)15(20)6-7-18-8-10-19(11-9-18)14-5-3-4-13(16)12-14/h3-5,12H,6-11,16H2,1-2H3. The third kappa shape index (κ3) is 3.87. The molecule has 1 saturated heterocycles. The van der Waals surface area contributed by atoms with Gasteiger partial charge in [0.2, 0.25) is 5.91 Å². The van der Waals surface area contributed by atoms with Crippen molar-refractivity contribution in [2.45, 2.75) is 6.42 Å². The first-order valence-corrected chi connectivity index (χ1v) is 7.09. The second kappa shape index (κ2) is 6.61. The van der Waals surface area contributed by atoms with E-state index in [1.807, 2.05) is 18.2 Å². The summed E-state index contributed by atoms with van der Waals surface area (Å²) in [6.07, 6.45) is 0.602. The van der Waals surface area contributed by atoms with E-state index in [2.05, 4.69) is 15.9 Å². The Morgan fingerprint density at radius 3 is 2.55 bits per heavy atom. The minimum atomic E-state index is 0.197. The largest absolute Gasteiger partial charge is 0.399 e. The third-order valence-electron chi connectivity index (χ3n) is 3.75. The topological polar surface area (TPSA) is 52.8 Å². The number of rotatable bonds is 4. The smallest absolute Gasteiger partial charge is 0.223 e. The maximum atomic E-state index is 11.6. The van der Waals surface area contributed by atoms with Gasteiger partial charge in [-0.1, -0.05) is 6.07 Å². The molecule has 5 nitrogen and oxygen atoms in total. The minimum absolute atomic E-state index is 0.197. The second-order valence-electron chi connectivity index (χ2n) is 5.46. The van der Waals surface area contributed by atoms with E-state index < -0.39 is 0 Å². The molecule has 0 radical (unpaired) electrons. The highest BCUT2D eigenvalue weighted by Crippen LogP contribution is 2.19. The Hall–Kier alpha value is -1.75. The zero-order chi connectivity index (χ0) is 14.5. The fraction of sp³-hybridized carbons (Fsp3) is 0.533. The lowest BCUT2D eigenvalue weighted by molar-refractivity contribution is -0.129. The van der Waals surface area contributed by atoms with E-state index in [0.29, 0.717) is 6.42 Å². The molecule has 0 spiro atoms. The number of carbonyl (C=O) groups is 1. The Labute approximate surface area is 120 Å². The summed E-state index contributed by atoms with van der Waals surface area (Å²) in [7, 11) is 3.61. The summed E-state index contributed by atoms with van der Waals surface area (Å²) < 4.78 is 0. The van der Waals surface area contributed by atoms with Gasteiger partial charge in [-0.3, -0.25) is 9.69 Å². The molecule has 110 valence electrons. The van der Waals surface area contributed by atoms with E-state index in [0.717, 1.165) is 38.4 Å². The number of benzene rings is 1. The van der Waals surface area contributed by atoms with Gasteiger partial charge in [0, 0.05) is 64.6 Å². The van der Waals surface area contributed by atoms with Gasteiger partial charge in [0.1, 0.15) is 0 Å². The van der Waals surface area contributed by atoms with Crippen LogP contribution >= 0.6 is 0 Å². The Morgan fingerprint density at radius 1 is 1.25 bits per heavy atom. The SMILES string of the molecule is CN(C)C(=O)CCN1CCN(c2cccc(N)c2)CC1. The Bertz CT molecular complexity index is 453. The monoisotopic (exact) mass is 276 g/mol. The molecule has 0 aromatic heterocycles. The Balaban J connectivity index is 1.79. The van der Waals surface area contributed by atoms with Gasteiger partial charge in [0.05, 0.1) is 0 Å². The predicted molar refractivity (Wildman–Crippen MR) is 82.8 cm³/mol. The molecule has 1 aromatic carbocycles.